The van der Waals surface area contributed by atoms with Gasteiger partial charge >= 0.3 is 5.97 Å². The molecule has 4 aromatic carbocycles. The molecule has 4 rings (SSSR count). The minimum Gasteiger partial charge on any atom is -0.485 e. The normalized spacial score (nSPS) is 12.0. The third-order valence-electron chi connectivity index (χ3n) is 6.51. The van der Waals surface area contributed by atoms with Gasteiger partial charge in [-0.05, 0) is 34.4 Å². The summed E-state index contributed by atoms with van der Waals surface area (Å²) in [7, 11) is 0. The molecule has 0 aliphatic rings. The summed E-state index contributed by atoms with van der Waals surface area (Å²) in [4.78, 5) is 37.2. The van der Waals surface area contributed by atoms with Gasteiger partial charge in [-0.15, -0.1) is 0 Å². The van der Waals surface area contributed by atoms with Gasteiger partial charge in [-0.25, -0.2) is 4.79 Å². The number of amides is 2. The fourth-order valence-electron chi connectivity index (χ4n) is 4.39. The summed E-state index contributed by atoms with van der Waals surface area (Å²) >= 11 is 0. The van der Waals surface area contributed by atoms with Gasteiger partial charge in [0.15, 0.2) is 11.5 Å². The van der Waals surface area contributed by atoms with Crippen LogP contribution in [0.1, 0.15) is 29.2 Å². The molecule has 0 saturated heterocycles. The van der Waals surface area contributed by atoms with Crippen molar-refractivity contribution in [3.63, 3.8) is 0 Å². The van der Waals surface area contributed by atoms with E-state index in [1.54, 1.807) is 18.2 Å². The van der Waals surface area contributed by atoms with E-state index in [1.165, 1.54) is 6.92 Å². The summed E-state index contributed by atoms with van der Waals surface area (Å²) in [6.45, 7) is 1.95. The van der Waals surface area contributed by atoms with Crippen molar-refractivity contribution in [2.24, 2.45) is 0 Å². The maximum Gasteiger partial charge on any atom is 0.326 e. The number of carbonyl (C=O) groups excluding carboxylic acids is 2. The first kappa shape index (κ1) is 29.9. The summed E-state index contributed by atoms with van der Waals surface area (Å²) in [6, 6.07) is 31.7. The quantitative estimate of drug-likeness (QED) is 0.204. The van der Waals surface area contributed by atoms with Gasteiger partial charge in [0, 0.05) is 19.8 Å². The summed E-state index contributed by atoms with van der Waals surface area (Å²) in [5.41, 5.74) is 3.44. The lowest BCUT2D eigenvalue weighted by molar-refractivity contribution is -0.142. The van der Waals surface area contributed by atoms with Crippen molar-refractivity contribution in [3.8, 4) is 11.5 Å². The smallest absolute Gasteiger partial charge is 0.326 e. The lowest BCUT2D eigenvalue weighted by Gasteiger charge is -2.22. The minimum absolute atomic E-state index is 0.000135. The summed E-state index contributed by atoms with van der Waals surface area (Å²) in [6.07, 6.45) is 0.226. The molecule has 0 aromatic heterocycles. The van der Waals surface area contributed by atoms with E-state index in [-0.39, 0.29) is 18.7 Å². The van der Waals surface area contributed by atoms with Crippen LogP contribution in [0, 0.1) is 0 Å². The highest BCUT2D eigenvalue weighted by Crippen LogP contribution is 2.30. The number of carboxylic acid groups (broad SMARTS) is 1. The third kappa shape index (κ3) is 9.23. The number of hydrogen-bond acceptors (Lipinski definition) is 5. The Hall–Kier alpha value is -5.11. The van der Waals surface area contributed by atoms with Gasteiger partial charge in [-0.3, -0.25) is 9.59 Å². The predicted molar refractivity (Wildman–Crippen MR) is 159 cm³/mol. The Morgan fingerprint density at radius 3 is 1.64 bits per heavy atom. The zero-order chi connectivity index (χ0) is 29.7. The first-order chi connectivity index (χ1) is 20.4. The van der Waals surface area contributed by atoms with E-state index in [9.17, 15) is 19.5 Å². The molecule has 0 aliphatic heterocycles. The molecule has 42 heavy (non-hydrogen) atoms. The molecule has 0 radical (unpaired) electrons. The first-order valence-electron chi connectivity index (χ1n) is 13.7. The number of benzene rings is 4. The Balaban J connectivity index is 1.50. The minimum atomic E-state index is -1.23. The summed E-state index contributed by atoms with van der Waals surface area (Å²) < 4.78 is 12.2. The number of nitrogens with one attached hydrogen (secondary N) is 2. The van der Waals surface area contributed by atoms with Crippen molar-refractivity contribution >= 4 is 17.8 Å². The topological polar surface area (TPSA) is 114 Å². The lowest BCUT2D eigenvalue weighted by Crippen LogP contribution is -2.52. The second-order valence-electron chi connectivity index (χ2n) is 9.88. The highest BCUT2D eigenvalue weighted by atomic mass is 16.5. The fourth-order valence-corrected chi connectivity index (χ4v) is 4.39. The molecule has 0 heterocycles. The van der Waals surface area contributed by atoms with E-state index in [0.717, 1.165) is 16.7 Å². The number of rotatable bonds is 14. The molecule has 2 amide bonds. The molecular weight excluding hydrogens is 532 g/mol. The Kier molecular flexibility index (Phi) is 10.7. The number of aliphatic carboxylic acids is 1. The zero-order valence-electron chi connectivity index (χ0n) is 23.4. The molecule has 0 aliphatic carbocycles. The molecule has 0 bridgehead atoms. The van der Waals surface area contributed by atoms with Crippen molar-refractivity contribution < 1.29 is 29.0 Å². The lowest BCUT2D eigenvalue weighted by atomic mass is 10.0. The second kappa shape index (κ2) is 15.0. The Bertz CT molecular complexity index is 1460. The molecule has 4 aromatic rings. The van der Waals surface area contributed by atoms with E-state index in [4.69, 9.17) is 9.47 Å². The van der Waals surface area contributed by atoms with Crippen LogP contribution < -0.4 is 20.1 Å². The number of carbonyl (C=O) groups is 3. The highest BCUT2D eigenvalue weighted by Gasteiger charge is 2.27. The largest absolute Gasteiger partial charge is 0.485 e. The van der Waals surface area contributed by atoms with E-state index >= 15 is 0 Å². The van der Waals surface area contributed by atoms with Crippen LogP contribution >= 0.6 is 0 Å². The average Bonchev–Trinajstić information content (AvgIpc) is 3.00. The van der Waals surface area contributed by atoms with Gasteiger partial charge in [0.05, 0.1) is 0 Å². The van der Waals surface area contributed by atoms with Crippen LogP contribution in [0.15, 0.2) is 109 Å². The fraction of sp³-hybridized carbons (Fsp3) is 0.206. The number of carboxylic acids is 1. The number of hydrogen-bond donors (Lipinski definition) is 3. The van der Waals surface area contributed by atoms with Crippen molar-refractivity contribution in [1.82, 2.24) is 10.6 Å². The highest BCUT2D eigenvalue weighted by molar-refractivity contribution is 5.90. The van der Waals surface area contributed by atoms with Gasteiger partial charge in [0.2, 0.25) is 11.8 Å². The van der Waals surface area contributed by atoms with Crippen molar-refractivity contribution in [3.05, 3.63) is 131 Å². The maximum atomic E-state index is 13.2. The first-order valence-corrected chi connectivity index (χ1v) is 13.7. The molecule has 216 valence electrons. The van der Waals surface area contributed by atoms with Crippen LogP contribution in [0.2, 0.25) is 0 Å². The van der Waals surface area contributed by atoms with E-state index in [2.05, 4.69) is 10.6 Å². The van der Waals surface area contributed by atoms with E-state index in [1.807, 2.05) is 91.0 Å². The second-order valence-corrected chi connectivity index (χ2v) is 9.88. The average molecular weight is 567 g/mol. The summed E-state index contributed by atoms with van der Waals surface area (Å²) in [5.74, 6) is -1.18. The zero-order valence-corrected chi connectivity index (χ0v) is 23.4. The van der Waals surface area contributed by atoms with Crippen LogP contribution in [0.25, 0.3) is 0 Å². The SMILES string of the molecule is CC(=O)N[C@H](Cc1ccccc1)C(=O)N[C@H](Cc1ccc(OCc2ccccc2)c(OCc2ccccc2)c1)C(=O)O. The Labute approximate surface area is 245 Å². The van der Waals surface area contributed by atoms with Crippen molar-refractivity contribution in [1.29, 1.82) is 0 Å². The van der Waals surface area contributed by atoms with Crippen molar-refractivity contribution in [2.75, 3.05) is 0 Å². The van der Waals surface area contributed by atoms with Crippen LogP contribution in [-0.2, 0) is 40.4 Å². The van der Waals surface area contributed by atoms with Crippen LogP contribution in [0.5, 0.6) is 11.5 Å². The monoisotopic (exact) mass is 566 g/mol. The van der Waals surface area contributed by atoms with Gasteiger partial charge in [-0.2, -0.15) is 0 Å². The Morgan fingerprint density at radius 2 is 1.12 bits per heavy atom. The van der Waals surface area contributed by atoms with E-state index in [0.29, 0.717) is 30.3 Å². The molecule has 8 heteroatoms. The Morgan fingerprint density at radius 1 is 0.619 bits per heavy atom. The van der Waals surface area contributed by atoms with Crippen LogP contribution in [0.3, 0.4) is 0 Å². The molecule has 0 saturated carbocycles. The van der Waals surface area contributed by atoms with Gasteiger partial charge in [-0.1, -0.05) is 97.1 Å². The van der Waals surface area contributed by atoms with Crippen molar-refractivity contribution in [2.45, 2.75) is 45.1 Å². The van der Waals surface area contributed by atoms with Gasteiger partial charge < -0.3 is 25.2 Å². The van der Waals surface area contributed by atoms with Gasteiger partial charge in [0.25, 0.3) is 0 Å². The molecule has 0 spiro atoms. The predicted octanol–water partition coefficient (Wildman–Crippen LogP) is 4.70. The maximum absolute atomic E-state index is 13.2. The van der Waals surface area contributed by atoms with Crippen LogP contribution in [0.4, 0.5) is 0 Å². The third-order valence-corrected chi connectivity index (χ3v) is 6.51. The molecule has 0 unspecified atom stereocenters. The molecule has 0 fully saturated rings. The van der Waals surface area contributed by atoms with E-state index < -0.39 is 24.0 Å². The molecule has 8 nitrogen and oxygen atoms in total. The number of ether oxygens (including phenoxy) is 2. The summed E-state index contributed by atoms with van der Waals surface area (Å²) in [5, 5.41) is 15.2. The van der Waals surface area contributed by atoms with Crippen LogP contribution in [-0.4, -0.2) is 35.0 Å². The van der Waals surface area contributed by atoms with Gasteiger partial charge in [0.1, 0.15) is 25.3 Å². The molecule has 3 N–H and O–H groups in total. The standard InChI is InChI=1S/C34H34N2O6/c1-24(37)35-29(19-25-11-5-2-6-12-25)33(38)36-30(34(39)40)20-28-17-18-31(41-22-26-13-7-3-8-14-26)32(21-28)42-23-27-15-9-4-10-16-27/h2-18,21,29-30H,19-20,22-23H2,1H3,(H,35,37)(H,36,38)(H,39,40)/t29-,30-/m1/s1. The molecular formula is C34H34N2O6. The molecule has 2 atom stereocenters.